The first-order valence-corrected chi connectivity index (χ1v) is 6.73. The van der Waals surface area contributed by atoms with E-state index >= 15 is 0 Å². The van der Waals surface area contributed by atoms with Crippen LogP contribution in [-0.4, -0.2) is 41.7 Å². The van der Waals surface area contributed by atoms with E-state index in [0.29, 0.717) is 29.2 Å². The third-order valence-electron chi connectivity index (χ3n) is 3.70. The number of aromatic nitrogens is 2. The first kappa shape index (κ1) is 14.5. The highest BCUT2D eigenvalue weighted by atomic mass is 16.5. The van der Waals surface area contributed by atoms with E-state index in [1.807, 2.05) is 26.2 Å². The molecule has 0 amide bonds. The molecule has 1 aromatic heterocycles. The number of aryl methyl sites for hydroxylation is 1. The number of nitrogens with zero attached hydrogens (tertiary/aromatic N) is 3. The van der Waals surface area contributed by atoms with E-state index < -0.39 is 0 Å². The van der Waals surface area contributed by atoms with Gasteiger partial charge in [0, 0.05) is 12.6 Å². The number of benzene rings is 1. The van der Waals surface area contributed by atoms with E-state index in [4.69, 9.17) is 4.74 Å². The van der Waals surface area contributed by atoms with Crippen LogP contribution in [0.25, 0.3) is 10.9 Å². The summed E-state index contributed by atoms with van der Waals surface area (Å²) < 4.78 is 6.92. The number of ether oxygens (including phenoxy) is 1. The highest BCUT2D eigenvalue weighted by molar-refractivity contribution is 5.83. The summed E-state index contributed by atoms with van der Waals surface area (Å²) in [7, 11) is 5.64. The van der Waals surface area contributed by atoms with Gasteiger partial charge < -0.3 is 9.64 Å². The summed E-state index contributed by atoms with van der Waals surface area (Å²) in [6, 6.07) is 5.87. The van der Waals surface area contributed by atoms with E-state index in [-0.39, 0.29) is 5.56 Å². The molecule has 1 aromatic carbocycles. The van der Waals surface area contributed by atoms with Crippen LogP contribution in [0.1, 0.15) is 13.3 Å². The van der Waals surface area contributed by atoms with Crippen molar-refractivity contribution < 1.29 is 4.74 Å². The lowest BCUT2D eigenvalue weighted by atomic mass is 10.2. The molecule has 1 atom stereocenters. The average molecular weight is 275 g/mol. The minimum atomic E-state index is -0.0431. The summed E-state index contributed by atoms with van der Waals surface area (Å²) >= 11 is 0. The molecule has 0 bridgehead atoms. The lowest BCUT2D eigenvalue weighted by Crippen LogP contribution is -2.28. The Hall–Kier alpha value is -1.88. The molecule has 0 N–H and O–H groups in total. The Balaban J connectivity index is 2.36. The third kappa shape index (κ3) is 2.82. The molecular weight excluding hydrogens is 254 g/mol. The van der Waals surface area contributed by atoms with Crippen LogP contribution in [0.4, 0.5) is 0 Å². The molecule has 0 saturated heterocycles. The van der Waals surface area contributed by atoms with Crippen molar-refractivity contribution in [3.05, 3.63) is 34.9 Å². The van der Waals surface area contributed by atoms with Crippen LogP contribution in [0, 0.1) is 0 Å². The maximum Gasteiger partial charge on any atom is 0.264 e. The van der Waals surface area contributed by atoms with Gasteiger partial charge in [0.2, 0.25) is 0 Å². The molecule has 0 spiro atoms. The van der Waals surface area contributed by atoms with Crippen LogP contribution in [0.2, 0.25) is 0 Å². The Morgan fingerprint density at radius 3 is 2.80 bits per heavy atom. The molecule has 2 rings (SSSR count). The second-order valence-electron chi connectivity index (χ2n) is 5.20. The van der Waals surface area contributed by atoms with Crippen molar-refractivity contribution in [1.82, 2.24) is 14.5 Å². The van der Waals surface area contributed by atoms with Gasteiger partial charge in [0.15, 0.2) is 0 Å². The van der Waals surface area contributed by atoms with Gasteiger partial charge >= 0.3 is 0 Å². The maximum absolute atomic E-state index is 12.5. The summed E-state index contributed by atoms with van der Waals surface area (Å²) in [6.07, 6.45) is 2.52. The van der Waals surface area contributed by atoms with Gasteiger partial charge in [0.25, 0.3) is 5.56 Å². The number of hydrogen-bond acceptors (Lipinski definition) is 4. The highest BCUT2D eigenvalue weighted by Gasteiger charge is 2.10. The van der Waals surface area contributed by atoms with Crippen molar-refractivity contribution in [1.29, 1.82) is 0 Å². The molecule has 0 fully saturated rings. The lowest BCUT2D eigenvalue weighted by Gasteiger charge is -2.19. The van der Waals surface area contributed by atoms with Gasteiger partial charge in [0.1, 0.15) is 11.1 Å². The van der Waals surface area contributed by atoms with Crippen LogP contribution in [0.15, 0.2) is 29.3 Å². The van der Waals surface area contributed by atoms with Crippen LogP contribution in [0.5, 0.6) is 5.75 Å². The monoisotopic (exact) mass is 275 g/mol. The Morgan fingerprint density at radius 1 is 1.40 bits per heavy atom. The van der Waals surface area contributed by atoms with E-state index in [1.165, 1.54) is 0 Å². The molecule has 0 radical (unpaired) electrons. The van der Waals surface area contributed by atoms with Crippen LogP contribution < -0.4 is 10.3 Å². The predicted octanol–water partition coefficient (Wildman–Crippen LogP) is 1.75. The van der Waals surface area contributed by atoms with Gasteiger partial charge in [-0.05, 0) is 39.6 Å². The van der Waals surface area contributed by atoms with Crippen molar-refractivity contribution in [2.24, 2.45) is 0 Å². The van der Waals surface area contributed by atoms with Gasteiger partial charge in [-0.1, -0.05) is 6.07 Å². The number of methoxy groups -OCH3 is 1. The summed E-state index contributed by atoms with van der Waals surface area (Å²) in [5, 5.41) is 0.551. The predicted molar refractivity (Wildman–Crippen MR) is 80.3 cm³/mol. The fourth-order valence-corrected chi connectivity index (χ4v) is 2.08. The topological polar surface area (TPSA) is 47.4 Å². The average Bonchev–Trinajstić information content (AvgIpc) is 2.45. The zero-order chi connectivity index (χ0) is 14.7. The zero-order valence-electron chi connectivity index (χ0n) is 12.5. The second-order valence-corrected chi connectivity index (χ2v) is 5.20. The minimum absolute atomic E-state index is 0.0431. The molecular formula is C15H21N3O2. The summed E-state index contributed by atoms with van der Waals surface area (Å²) in [6.45, 7) is 2.79. The molecule has 108 valence electrons. The van der Waals surface area contributed by atoms with Gasteiger partial charge in [-0.3, -0.25) is 9.36 Å². The molecule has 5 nitrogen and oxygen atoms in total. The third-order valence-corrected chi connectivity index (χ3v) is 3.70. The fraction of sp³-hybridized carbons (Fsp3) is 0.467. The standard InChI is InChI=1S/C15H21N3O2/c1-11(17(2)3)8-9-18-10-16-12-6-5-7-13(20-4)14(12)15(18)19/h5-7,10-11H,8-9H2,1-4H3/t11-/m0/s1. The SMILES string of the molecule is COc1cccc2ncn(CC[C@H](C)N(C)C)c(=O)c12. The fourth-order valence-electron chi connectivity index (χ4n) is 2.08. The van der Waals surface area contributed by atoms with Crippen molar-refractivity contribution in [2.45, 2.75) is 25.9 Å². The van der Waals surface area contributed by atoms with Crippen molar-refractivity contribution >= 4 is 10.9 Å². The van der Waals surface area contributed by atoms with E-state index in [9.17, 15) is 4.79 Å². The van der Waals surface area contributed by atoms with Gasteiger partial charge in [-0.25, -0.2) is 4.98 Å². The molecule has 20 heavy (non-hydrogen) atoms. The first-order chi connectivity index (χ1) is 9.54. The Bertz CT molecular complexity index is 649. The highest BCUT2D eigenvalue weighted by Crippen LogP contribution is 2.19. The maximum atomic E-state index is 12.5. The van der Waals surface area contributed by atoms with Crippen LogP contribution in [0.3, 0.4) is 0 Å². The smallest absolute Gasteiger partial charge is 0.264 e. The normalized spacial score (nSPS) is 12.8. The summed E-state index contributed by atoms with van der Waals surface area (Å²) in [5.41, 5.74) is 0.629. The molecule has 2 aromatic rings. The van der Waals surface area contributed by atoms with E-state index in [0.717, 1.165) is 6.42 Å². The summed E-state index contributed by atoms with van der Waals surface area (Å²) in [5.74, 6) is 0.579. The summed E-state index contributed by atoms with van der Waals surface area (Å²) in [4.78, 5) is 19.0. The first-order valence-electron chi connectivity index (χ1n) is 6.73. The molecule has 1 heterocycles. The van der Waals surface area contributed by atoms with Gasteiger partial charge in [0.05, 0.1) is 19.0 Å². The van der Waals surface area contributed by atoms with E-state index in [2.05, 4.69) is 16.8 Å². The molecule has 0 saturated carbocycles. The minimum Gasteiger partial charge on any atom is -0.496 e. The molecule has 0 aliphatic rings. The Morgan fingerprint density at radius 2 is 2.15 bits per heavy atom. The quantitative estimate of drug-likeness (QED) is 0.834. The zero-order valence-corrected chi connectivity index (χ0v) is 12.5. The van der Waals surface area contributed by atoms with Crippen LogP contribution in [-0.2, 0) is 6.54 Å². The van der Waals surface area contributed by atoms with Crippen molar-refractivity contribution in [2.75, 3.05) is 21.2 Å². The van der Waals surface area contributed by atoms with E-state index in [1.54, 1.807) is 24.1 Å². The second kappa shape index (κ2) is 6.05. The van der Waals surface area contributed by atoms with Gasteiger partial charge in [-0.2, -0.15) is 0 Å². The molecule has 0 unspecified atom stereocenters. The lowest BCUT2D eigenvalue weighted by molar-refractivity contribution is 0.287. The van der Waals surface area contributed by atoms with Crippen molar-refractivity contribution in [3.63, 3.8) is 0 Å². The molecule has 5 heteroatoms. The number of hydrogen-bond donors (Lipinski definition) is 0. The Kier molecular flexibility index (Phi) is 4.39. The van der Waals surface area contributed by atoms with Gasteiger partial charge in [-0.15, -0.1) is 0 Å². The number of rotatable bonds is 5. The largest absolute Gasteiger partial charge is 0.496 e. The Labute approximate surface area is 118 Å². The van der Waals surface area contributed by atoms with Crippen molar-refractivity contribution in [3.8, 4) is 5.75 Å². The molecule has 0 aliphatic heterocycles. The molecule has 0 aliphatic carbocycles. The number of fused-ring (bicyclic) bond motifs is 1. The van der Waals surface area contributed by atoms with Crippen LogP contribution >= 0.6 is 0 Å².